The molecule has 6 nitrogen and oxygen atoms in total. The van der Waals surface area contributed by atoms with Crippen LogP contribution < -0.4 is 9.47 Å². The van der Waals surface area contributed by atoms with Gasteiger partial charge in [0.1, 0.15) is 0 Å². The van der Waals surface area contributed by atoms with E-state index in [9.17, 15) is 15.2 Å². The van der Waals surface area contributed by atoms with Crippen molar-refractivity contribution in [3.8, 4) is 11.5 Å². The maximum Gasteiger partial charge on any atom is 0.315 e. The zero-order chi connectivity index (χ0) is 13.3. The second-order valence-electron chi connectivity index (χ2n) is 4.56. The Labute approximate surface area is 104 Å². The first-order valence-corrected chi connectivity index (χ1v) is 5.73. The smallest absolute Gasteiger partial charge is 0.315 e. The van der Waals surface area contributed by atoms with Crippen molar-refractivity contribution in [1.29, 1.82) is 0 Å². The molecule has 1 aromatic rings. The van der Waals surface area contributed by atoms with Crippen LogP contribution in [-0.2, 0) is 0 Å². The Morgan fingerprint density at radius 3 is 2.72 bits per heavy atom. The van der Waals surface area contributed by atoms with Crippen molar-refractivity contribution in [3.63, 3.8) is 0 Å². The van der Waals surface area contributed by atoms with Crippen LogP contribution in [0.3, 0.4) is 0 Å². The molecule has 0 fully saturated rings. The molecule has 1 unspecified atom stereocenters. The standard InChI is InChI=1S/C12H15NO5/c1-7(2)9(5-14)8-3-10(13(15)16)12-11(4-8)17-6-18-12/h3-4,7,9,14H,5-6H2,1-2H3. The van der Waals surface area contributed by atoms with Crippen LogP contribution in [0.4, 0.5) is 5.69 Å². The number of aliphatic hydroxyl groups excluding tert-OH is 1. The largest absolute Gasteiger partial charge is 0.453 e. The third-order valence-corrected chi connectivity index (χ3v) is 3.10. The lowest BCUT2D eigenvalue weighted by Crippen LogP contribution is -2.11. The van der Waals surface area contributed by atoms with Gasteiger partial charge in [-0.15, -0.1) is 0 Å². The van der Waals surface area contributed by atoms with Gasteiger partial charge in [0.25, 0.3) is 0 Å². The average molecular weight is 253 g/mol. The molecule has 98 valence electrons. The van der Waals surface area contributed by atoms with Crippen molar-refractivity contribution >= 4 is 5.69 Å². The molecule has 2 rings (SSSR count). The predicted molar refractivity (Wildman–Crippen MR) is 63.9 cm³/mol. The summed E-state index contributed by atoms with van der Waals surface area (Å²) in [5.74, 6) is 0.565. The van der Waals surface area contributed by atoms with Crippen LogP contribution >= 0.6 is 0 Å². The number of fused-ring (bicyclic) bond motifs is 1. The van der Waals surface area contributed by atoms with Gasteiger partial charge in [0.05, 0.1) is 11.5 Å². The number of rotatable bonds is 4. The molecular formula is C12H15NO5. The molecule has 0 aliphatic carbocycles. The van der Waals surface area contributed by atoms with Gasteiger partial charge in [0.15, 0.2) is 5.75 Å². The van der Waals surface area contributed by atoms with Crippen molar-refractivity contribution in [2.24, 2.45) is 5.92 Å². The van der Waals surface area contributed by atoms with E-state index in [4.69, 9.17) is 9.47 Å². The first kappa shape index (κ1) is 12.6. The van der Waals surface area contributed by atoms with Crippen LogP contribution in [0.5, 0.6) is 11.5 Å². The third kappa shape index (κ3) is 2.11. The third-order valence-electron chi connectivity index (χ3n) is 3.10. The van der Waals surface area contributed by atoms with Gasteiger partial charge in [0.2, 0.25) is 12.5 Å². The quantitative estimate of drug-likeness (QED) is 0.656. The molecule has 0 radical (unpaired) electrons. The Bertz CT molecular complexity index is 472. The number of benzene rings is 1. The summed E-state index contributed by atoms with van der Waals surface area (Å²) in [6.45, 7) is 3.84. The second-order valence-corrected chi connectivity index (χ2v) is 4.56. The highest BCUT2D eigenvalue weighted by Gasteiger charge is 2.29. The lowest BCUT2D eigenvalue weighted by atomic mass is 9.88. The van der Waals surface area contributed by atoms with Gasteiger partial charge in [-0.2, -0.15) is 0 Å². The van der Waals surface area contributed by atoms with E-state index < -0.39 is 4.92 Å². The molecule has 0 saturated heterocycles. The van der Waals surface area contributed by atoms with Crippen molar-refractivity contribution in [2.45, 2.75) is 19.8 Å². The maximum atomic E-state index is 11.0. The fourth-order valence-corrected chi connectivity index (χ4v) is 2.06. The Morgan fingerprint density at radius 1 is 1.44 bits per heavy atom. The highest BCUT2D eigenvalue weighted by atomic mass is 16.7. The fourth-order valence-electron chi connectivity index (χ4n) is 2.06. The van der Waals surface area contributed by atoms with Crippen molar-refractivity contribution in [1.82, 2.24) is 0 Å². The number of nitro benzene ring substituents is 1. The van der Waals surface area contributed by atoms with Crippen molar-refractivity contribution in [3.05, 3.63) is 27.8 Å². The van der Waals surface area contributed by atoms with E-state index >= 15 is 0 Å². The minimum absolute atomic E-state index is 0.00883. The van der Waals surface area contributed by atoms with E-state index in [0.717, 1.165) is 0 Å². The Hall–Kier alpha value is -1.82. The maximum absolute atomic E-state index is 11.0. The molecule has 1 aliphatic heterocycles. The van der Waals surface area contributed by atoms with Crippen molar-refractivity contribution < 1.29 is 19.5 Å². The summed E-state index contributed by atoms with van der Waals surface area (Å²) in [4.78, 5) is 10.5. The van der Waals surface area contributed by atoms with E-state index in [1.807, 2.05) is 13.8 Å². The second kappa shape index (κ2) is 4.81. The van der Waals surface area contributed by atoms with Crippen LogP contribution in [0.25, 0.3) is 0 Å². The van der Waals surface area contributed by atoms with Gasteiger partial charge in [-0.25, -0.2) is 0 Å². The first-order valence-electron chi connectivity index (χ1n) is 5.73. The Kier molecular flexibility index (Phi) is 3.38. The van der Waals surface area contributed by atoms with E-state index in [0.29, 0.717) is 11.3 Å². The van der Waals surface area contributed by atoms with E-state index in [-0.39, 0.29) is 36.7 Å². The SMILES string of the molecule is CC(C)C(CO)c1cc2c(c([N+](=O)[O-])c1)OCO2. The van der Waals surface area contributed by atoms with Gasteiger partial charge in [0, 0.05) is 12.0 Å². The predicted octanol–water partition coefficient (Wildman–Crippen LogP) is 2.06. The summed E-state index contributed by atoms with van der Waals surface area (Å²) < 4.78 is 10.3. The molecule has 0 saturated carbocycles. The highest BCUT2D eigenvalue weighted by Crippen LogP contribution is 2.43. The average Bonchev–Trinajstić information content (AvgIpc) is 2.76. The number of ether oxygens (including phenoxy) is 2. The van der Waals surface area contributed by atoms with Crippen LogP contribution in [0.1, 0.15) is 25.3 Å². The number of nitro groups is 1. The molecule has 1 heterocycles. The molecule has 0 bridgehead atoms. The van der Waals surface area contributed by atoms with Gasteiger partial charge < -0.3 is 14.6 Å². The van der Waals surface area contributed by atoms with Gasteiger partial charge in [-0.3, -0.25) is 10.1 Å². The summed E-state index contributed by atoms with van der Waals surface area (Å²) in [7, 11) is 0. The van der Waals surface area contributed by atoms with E-state index in [2.05, 4.69) is 0 Å². The number of hydrogen-bond acceptors (Lipinski definition) is 5. The van der Waals surface area contributed by atoms with Gasteiger partial charge in [-0.1, -0.05) is 13.8 Å². The zero-order valence-electron chi connectivity index (χ0n) is 10.3. The van der Waals surface area contributed by atoms with Crippen LogP contribution in [0.2, 0.25) is 0 Å². The molecule has 1 N–H and O–H groups in total. The summed E-state index contributed by atoms with van der Waals surface area (Å²) in [6.07, 6.45) is 0. The molecule has 0 spiro atoms. The molecule has 0 amide bonds. The van der Waals surface area contributed by atoms with E-state index in [1.165, 1.54) is 6.07 Å². The molecule has 1 atom stereocenters. The fraction of sp³-hybridized carbons (Fsp3) is 0.500. The van der Waals surface area contributed by atoms with Crippen LogP contribution in [0.15, 0.2) is 12.1 Å². The number of nitrogens with zero attached hydrogens (tertiary/aromatic N) is 1. The lowest BCUT2D eigenvalue weighted by Gasteiger charge is -2.18. The molecule has 6 heteroatoms. The van der Waals surface area contributed by atoms with Crippen molar-refractivity contribution in [2.75, 3.05) is 13.4 Å². The van der Waals surface area contributed by atoms with Crippen LogP contribution in [-0.4, -0.2) is 23.4 Å². The Balaban J connectivity index is 2.50. The summed E-state index contributed by atoms with van der Waals surface area (Å²) in [5, 5.41) is 20.4. The van der Waals surface area contributed by atoms with Gasteiger partial charge in [-0.05, 0) is 17.5 Å². The molecule has 1 aliphatic rings. The normalized spacial score (nSPS) is 14.9. The van der Waals surface area contributed by atoms with E-state index in [1.54, 1.807) is 6.07 Å². The summed E-state index contributed by atoms with van der Waals surface area (Å²) >= 11 is 0. The monoisotopic (exact) mass is 253 g/mol. The topological polar surface area (TPSA) is 81.8 Å². The molecular weight excluding hydrogens is 238 g/mol. The summed E-state index contributed by atoms with van der Waals surface area (Å²) in [5.41, 5.74) is 0.586. The number of aliphatic hydroxyl groups is 1. The Morgan fingerprint density at radius 2 is 2.17 bits per heavy atom. The lowest BCUT2D eigenvalue weighted by molar-refractivity contribution is -0.385. The highest BCUT2D eigenvalue weighted by molar-refractivity contribution is 5.59. The minimum atomic E-state index is -0.494. The number of hydrogen-bond donors (Lipinski definition) is 1. The van der Waals surface area contributed by atoms with Crippen LogP contribution in [0, 0.1) is 16.0 Å². The first-order chi connectivity index (χ1) is 8.54. The summed E-state index contributed by atoms with van der Waals surface area (Å²) in [6, 6.07) is 3.16. The van der Waals surface area contributed by atoms with Gasteiger partial charge >= 0.3 is 5.69 Å². The minimum Gasteiger partial charge on any atom is -0.453 e. The zero-order valence-corrected chi connectivity index (χ0v) is 10.3. The molecule has 18 heavy (non-hydrogen) atoms. The molecule has 1 aromatic carbocycles. The molecule has 0 aromatic heterocycles.